The van der Waals surface area contributed by atoms with Gasteiger partial charge in [-0.15, -0.1) is 0 Å². The van der Waals surface area contributed by atoms with Gasteiger partial charge in [0.15, 0.2) is 0 Å². The third-order valence-corrected chi connectivity index (χ3v) is 9.91. The first-order valence-corrected chi connectivity index (χ1v) is 16.5. The van der Waals surface area contributed by atoms with Gasteiger partial charge in [0.05, 0.1) is 22.2 Å². The zero-order chi connectivity index (χ0) is 31.6. The summed E-state index contributed by atoms with van der Waals surface area (Å²) in [6, 6.07) is 63.8. The summed E-state index contributed by atoms with van der Waals surface area (Å²) in [6.07, 6.45) is 2.32. The van der Waals surface area contributed by atoms with Crippen molar-refractivity contribution in [2.24, 2.45) is 0 Å². The van der Waals surface area contributed by atoms with Crippen molar-refractivity contribution in [1.82, 2.24) is 9.13 Å². The minimum atomic E-state index is 1.14. The molecule has 0 saturated carbocycles. The molecule has 0 bridgehead atoms. The van der Waals surface area contributed by atoms with Gasteiger partial charge in [-0.3, -0.25) is 0 Å². The number of para-hydroxylation sites is 2. The number of rotatable bonds is 4. The van der Waals surface area contributed by atoms with Gasteiger partial charge in [0.2, 0.25) is 0 Å². The fraction of sp³-hybridized carbons (Fsp3) is 0. The molecule has 2 nitrogen and oxygen atoms in total. The van der Waals surface area contributed by atoms with E-state index in [1.807, 2.05) is 0 Å². The molecule has 0 aliphatic rings. The minimum Gasteiger partial charge on any atom is -0.314 e. The minimum absolute atomic E-state index is 1.14. The highest BCUT2D eigenvalue weighted by molar-refractivity contribution is 6.24. The van der Waals surface area contributed by atoms with Gasteiger partial charge in [0, 0.05) is 44.4 Å². The van der Waals surface area contributed by atoms with Gasteiger partial charge in [0.25, 0.3) is 0 Å². The second-order valence-electron chi connectivity index (χ2n) is 12.5. The lowest BCUT2D eigenvalue weighted by Crippen LogP contribution is -2.01. The van der Waals surface area contributed by atoms with E-state index in [-0.39, 0.29) is 0 Å². The van der Waals surface area contributed by atoms with Crippen LogP contribution in [0, 0.1) is 0 Å². The molecule has 0 fully saturated rings. The first-order valence-electron chi connectivity index (χ1n) is 16.5. The molecule has 0 unspecified atom stereocenters. The maximum Gasteiger partial charge on any atom is 0.0789 e. The first-order chi connectivity index (χ1) is 23.9. The van der Waals surface area contributed by atoms with Crippen LogP contribution in [-0.4, -0.2) is 9.13 Å². The van der Waals surface area contributed by atoms with E-state index in [1.54, 1.807) is 0 Å². The summed E-state index contributed by atoms with van der Waals surface area (Å²) in [5.41, 5.74) is 10.9. The molecule has 0 amide bonds. The molecule has 2 heteroatoms. The van der Waals surface area contributed by atoms with Crippen molar-refractivity contribution in [1.29, 1.82) is 0 Å². The van der Waals surface area contributed by atoms with Gasteiger partial charge in [0.1, 0.15) is 0 Å². The van der Waals surface area contributed by atoms with Crippen LogP contribution in [0.15, 0.2) is 182 Å². The molecule has 0 aliphatic heterocycles. The number of benzene rings is 8. The Morgan fingerprint density at radius 1 is 0.333 bits per heavy atom. The van der Waals surface area contributed by atoms with Crippen LogP contribution in [0.5, 0.6) is 0 Å². The molecule has 10 aromatic rings. The monoisotopic (exact) mass is 610 g/mol. The maximum absolute atomic E-state index is 2.56. The predicted molar refractivity (Wildman–Crippen MR) is 203 cm³/mol. The summed E-state index contributed by atoms with van der Waals surface area (Å²) in [6.45, 7) is 0. The predicted octanol–water partition coefficient (Wildman–Crippen LogP) is 12.4. The Bertz CT molecular complexity index is 2750. The first kappa shape index (κ1) is 26.8. The van der Waals surface area contributed by atoms with Crippen LogP contribution in [0.3, 0.4) is 0 Å². The maximum atomic E-state index is 2.56. The van der Waals surface area contributed by atoms with E-state index in [4.69, 9.17) is 0 Å². The standard InChI is InChI=1S/C46H30N2/c1-4-16-31(17-5-1)41-30-47(33-20-8-3-9-21-33)45-40(41)29-28-39-34-22-14-15-27-42(34)48(46(39)45)44-37-25-12-10-23-35(37)43(32-18-6-2-7-19-32)36-24-11-13-26-38(36)44/h1-30H. The third kappa shape index (κ3) is 3.87. The quantitative estimate of drug-likeness (QED) is 0.175. The van der Waals surface area contributed by atoms with E-state index in [0.29, 0.717) is 0 Å². The molecular formula is C46H30N2. The Hall–Kier alpha value is -6.38. The van der Waals surface area contributed by atoms with E-state index in [0.717, 1.165) is 5.69 Å². The Kier molecular flexibility index (Phi) is 5.91. The van der Waals surface area contributed by atoms with Gasteiger partial charge in [-0.1, -0.05) is 158 Å². The van der Waals surface area contributed by atoms with E-state index in [1.165, 1.54) is 82.2 Å². The Labute approximate surface area is 278 Å². The van der Waals surface area contributed by atoms with E-state index < -0.39 is 0 Å². The number of fused-ring (bicyclic) bond motifs is 7. The zero-order valence-corrected chi connectivity index (χ0v) is 26.2. The lowest BCUT2D eigenvalue weighted by atomic mass is 9.90. The zero-order valence-electron chi connectivity index (χ0n) is 26.2. The van der Waals surface area contributed by atoms with Crippen LogP contribution in [0.25, 0.3) is 87.9 Å². The van der Waals surface area contributed by atoms with Crippen molar-refractivity contribution in [3.05, 3.63) is 182 Å². The van der Waals surface area contributed by atoms with E-state index >= 15 is 0 Å². The molecule has 10 rings (SSSR count). The lowest BCUT2D eigenvalue weighted by molar-refractivity contribution is 1.12. The topological polar surface area (TPSA) is 9.86 Å². The summed E-state index contributed by atoms with van der Waals surface area (Å²) in [7, 11) is 0. The van der Waals surface area contributed by atoms with Crippen LogP contribution >= 0.6 is 0 Å². The fourth-order valence-corrected chi connectivity index (χ4v) is 7.90. The third-order valence-electron chi connectivity index (χ3n) is 9.91. The molecule has 2 aromatic heterocycles. The smallest absolute Gasteiger partial charge is 0.0789 e. The van der Waals surface area contributed by atoms with Gasteiger partial charge in [-0.25, -0.2) is 0 Å². The molecule has 0 aliphatic carbocycles. The highest BCUT2D eigenvalue weighted by Crippen LogP contribution is 2.46. The molecule has 0 saturated heterocycles. The summed E-state index contributed by atoms with van der Waals surface area (Å²) < 4.78 is 4.96. The Balaban J connectivity index is 1.45. The second-order valence-corrected chi connectivity index (χ2v) is 12.5. The molecule has 8 aromatic carbocycles. The summed E-state index contributed by atoms with van der Waals surface area (Å²) in [4.78, 5) is 0. The van der Waals surface area contributed by atoms with Crippen LogP contribution in [0.2, 0.25) is 0 Å². The molecule has 0 spiro atoms. The van der Waals surface area contributed by atoms with Crippen molar-refractivity contribution < 1.29 is 0 Å². The average molecular weight is 611 g/mol. The van der Waals surface area contributed by atoms with Crippen LogP contribution in [-0.2, 0) is 0 Å². The summed E-state index contributed by atoms with van der Waals surface area (Å²) >= 11 is 0. The molecule has 0 radical (unpaired) electrons. The Morgan fingerprint density at radius 3 is 1.48 bits per heavy atom. The number of hydrogen-bond donors (Lipinski definition) is 0. The second kappa shape index (κ2) is 10.6. The molecule has 2 heterocycles. The van der Waals surface area contributed by atoms with Gasteiger partial charge in [-0.2, -0.15) is 0 Å². The highest BCUT2D eigenvalue weighted by atomic mass is 15.0. The molecular weight excluding hydrogens is 581 g/mol. The molecule has 224 valence electrons. The molecule has 0 atom stereocenters. The van der Waals surface area contributed by atoms with Crippen LogP contribution < -0.4 is 0 Å². The number of aromatic nitrogens is 2. The molecule has 48 heavy (non-hydrogen) atoms. The van der Waals surface area contributed by atoms with Crippen molar-refractivity contribution in [3.63, 3.8) is 0 Å². The largest absolute Gasteiger partial charge is 0.314 e. The van der Waals surface area contributed by atoms with E-state index in [2.05, 4.69) is 191 Å². The normalized spacial score (nSPS) is 11.8. The summed E-state index contributed by atoms with van der Waals surface area (Å²) in [5, 5.41) is 8.69. The average Bonchev–Trinajstić information content (AvgIpc) is 3.71. The lowest BCUT2D eigenvalue weighted by Gasteiger charge is -2.20. The van der Waals surface area contributed by atoms with Gasteiger partial charge in [-0.05, 0) is 45.7 Å². The van der Waals surface area contributed by atoms with Gasteiger partial charge >= 0.3 is 0 Å². The number of hydrogen-bond acceptors (Lipinski definition) is 0. The molecule has 0 N–H and O–H groups in total. The van der Waals surface area contributed by atoms with Crippen LogP contribution in [0.4, 0.5) is 0 Å². The van der Waals surface area contributed by atoms with Gasteiger partial charge < -0.3 is 9.13 Å². The van der Waals surface area contributed by atoms with Crippen molar-refractivity contribution >= 4 is 54.3 Å². The highest BCUT2D eigenvalue weighted by Gasteiger charge is 2.24. The van der Waals surface area contributed by atoms with Crippen molar-refractivity contribution in [2.75, 3.05) is 0 Å². The SMILES string of the molecule is c1ccc(-c2c3ccccc3c(-n3c4ccccc4c4ccc5c(-c6ccccc6)cn(-c6ccccc6)c5c43)c3ccccc23)cc1. The summed E-state index contributed by atoms with van der Waals surface area (Å²) in [5.74, 6) is 0. The van der Waals surface area contributed by atoms with Crippen molar-refractivity contribution in [3.8, 4) is 33.6 Å². The number of nitrogens with zero attached hydrogens (tertiary/aromatic N) is 2. The van der Waals surface area contributed by atoms with Crippen molar-refractivity contribution in [2.45, 2.75) is 0 Å². The Morgan fingerprint density at radius 2 is 0.833 bits per heavy atom. The van der Waals surface area contributed by atoms with Crippen LogP contribution in [0.1, 0.15) is 0 Å². The van der Waals surface area contributed by atoms with E-state index in [9.17, 15) is 0 Å². The fourth-order valence-electron chi connectivity index (χ4n) is 7.90.